The second-order valence-electron chi connectivity index (χ2n) is 2.73. The zero-order valence-corrected chi connectivity index (χ0v) is 6.77. The molecule has 64 valence electrons. The molecule has 2 heterocycles. The summed E-state index contributed by atoms with van der Waals surface area (Å²) in [6.07, 6.45) is 3.20. The first kappa shape index (κ1) is 7.42. The van der Waals surface area contributed by atoms with E-state index >= 15 is 0 Å². The fourth-order valence-corrected chi connectivity index (χ4v) is 0.949. The molecule has 1 aromatic heterocycles. The lowest BCUT2D eigenvalue weighted by Crippen LogP contribution is -2.14. The van der Waals surface area contributed by atoms with Gasteiger partial charge in [-0.05, 0) is 0 Å². The highest BCUT2D eigenvalue weighted by atomic mass is 15.3. The Labute approximate surface area is 70.8 Å². The van der Waals surface area contributed by atoms with Crippen LogP contribution in [0, 0.1) is 0 Å². The van der Waals surface area contributed by atoms with E-state index < -0.39 is 0 Å². The van der Waals surface area contributed by atoms with Crippen molar-refractivity contribution >= 4 is 5.95 Å². The van der Waals surface area contributed by atoms with E-state index in [-0.39, 0.29) is 0 Å². The van der Waals surface area contributed by atoms with Gasteiger partial charge in [0.1, 0.15) is 0 Å². The molecule has 1 N–H and O–H groups in total. The zero-order valence-electron chi connectivity index (χ0n) is 6.77. The van der Waals surface area contributed by atoms with Crippen molar-refractivity contribution < 1.29 is 0 Å². The van der Waals surface area contributed by atoms with Gasteiger partial charge in [-0.2, -0.15) is 5.10 Å². The van der Waals surface area contributed by atoms with Crippen LogP contribution in [0.15, 0.2) is 12.4 Å². The maximum absolute atomic E-state index is 3.99. The van der Waals surface area contributed by atoms with Gasteiger partial charge in [-0.3, -0.25) is 4.90 Å². The van der Waals surface area contributed by atoms with E-state index in [2.05, 4.69) is 25.4 Å². The average Bonchev–Trinajstić information content (AvgIpc) is 2.90. The number of nitrogens with one attached hydrogen (secondary N) is 1. The number of hydrogen-bond acceptors (Lipinski definition) is 5. The molecule has 1 aliphatic rings. The van der Waals surface area contributed by atoms with Crippen molar-refractivity contribution in [1.29, 1.82) is 0 Å². The van der Waals surface area contributed by atoms with Crippen LogP contribution in [0.1, 0.15) is 0 Å². The zero-order chi connectivity index (χ0) is 8.23. The van der Waals surface area contributed by atoms with Crippen LogP contribution in [-0.4, -0.2) is 46.3 Å². The molecular weight excluding hydrogens is 154 g/mol. The monoisotopic (exact) mass is 165 g/mol. The maximum Gasteiger partial charge on any atom is 0.242 e. The van der Waals surface area contributed by atoms with Crippen molar-refractivity contribution in [3.8, 4) is 0 Å². The third-order valence-corrected chi connectivity index (χ3v) is 1.73. The van der Waals surface area contributed by atoms with Gasteiger partial charge in [0.15, 0.2) is 0 Å². The fourth-order valence-electron chi connectivity index (χ4n) is 0.949. The Kier molecular flexibility index (Phi) is 2.13. The summed E-state index contributed by atoms with van der Waals surface area (Å²) in [7, 11) is 0. The highest BCUT2D eigenvalue weighted by Crippen LogP contribution is 2.01. The largest absolute Gasteiger partial charge is 0.352 e. The second kappa shape index (κ2) is 3.44. The number of hydrogen-bond donors (Lipinski definition) is 1. The third-order valence-electron chi connectivity index (χ3n) is 1.73. The minimum Gasteiger partial charge on any atom is -0.352 e. The van der Waals surface area contributed by atoms with E-state index in [1.54, 1.807) is 12.4 Å². The summed E-state index contributed by atoms with van der Waals surface area (Å²) in [6, 6.07) is 0. The molecule has 0 saturated carbocycles. The van der Waals surface area contributed by atoms with Crippen molar-refractivity contribution in [2.45, 2.75) is 0 Å². The van der Waals surface area contributed by atoms with Crippen LogP contribution in [0.4, 0.5) is 5.95 Å². The van der Waals surface area contributed by atoms with Crippen LogP contribution in [0.5, 0.6) is 0 Å². The maximum atomic E-state index is 3.99. The quantitative estimate of drug-likeness (QED) is 0.615. The van der Waals surface area contributed by atoms with E-state index in [0.29, 0.717) is 5.95 Å². The molecule has 1 aliphatic heterocycles. The minimum atomic E-state index is 0.611. The molecule has 0 radical (unpaired) electrons. The first-order chi connectivity index (χ1) is 5.95. The van der Waals surface area contributed by atoms with E-state index in [1.807, 2.05) is 0 Å². The van der Waals surface area contributed by atoms with Gasteiger partial charge in [0.2, 0.25) is 5.95 Å². The summed E-state index contributed by atoms with van der Waals surface area (Å²) >= 11 is 0. The minimum absolute atomic E-state index is 0.611. The Hall–Kier alpha value is -1.23. The summed E-state index contributed by atoms with van der Waals surface area (Å²) in [4.78, 5) is 6.33. The molecule has 0 atom stereocenters. The van der Waals surface area contributed by atoms with Gasteiger partial charge in [0, 0.05) is 26.2 Å². The first-order valence-corrected chi connectivity index (χ1v) is 4.05. The molecule has 0 spiro atoms. The molecular formula is C7H11N5. The number of nitrogens with zero attached hydrogens (tertiary/aromatic N) is 4. The molecule has 0 bridgehead atoms. The van der Waals surface area contributed by atoms with Crippen molar-refractivity contribution in [2.75, 3.05) is 31.5 Å². The molecule has 0 aliphatic carbocycles. The summed E-state index contributed by atoms with van der Waals surface area (Å²) < 4.78 is 0. The normalized spacial score (nSPS) is 16.0. The summed E-state index contributed by atoms with van der Waals surface area (Å²) in [5.74, 6) is 0.611. The van der Waals surface area contributed by atoms with E-state index in [0.717, 1.165) is 13.1 Å². The Morgan fingerprint density at radius 2 is 2.33 bits per heavy atom. The predicted octanol–water partition coefficient (Wildman–Crippen LogP) is -0.401. The van der Waals surface area contributed by atoms with Crippen molar-refractivity contribution in [1.82, 2.24) is 20.1 Å². The molecule has 2 rings (SSSR count). The molecule has 1 saturated heterocycles. The lowest BCUT2D eigenvalue weighted by molar-refractivity contribution is 0.577. The smallest absolute Gasteiger partial charge is 0.242 e. The summed E-state index contributed by atoms with van der Waals surface area (Å²) in [5.41, 5.74) is 0. The molecule has 1 fully saturated rings. The lowest BCUT2D eigenvalue weighted by Gasteiger charge is -2.02. The molecule has 0 unspecified atom stereocenters. The van der Waals surface area contributed by atoms with Gasteiger partial charge in [-0.15, -0.1) is 5.10 Å². The van der Waals surface area contributed by atoms with Crippen LogP contribution in [0.2, 0.25) is 0 Å². The molecule has 5 heteroatoms. The SMILES string of the molecule is c1cnc(NCCN2CC2)nn1. The average molecular weight is 165 g/mol. The Balaban J connectivity index is 1.72. The Bertz CT molecular complexity index is 233. The number of rotatable bonds is 4. The molecule has 0 amide bonds. The molecule has 12 heavy (non-hydrogen) atoms. The number of aromatic nitrogens is 3. The van der Waals surface area contributed by atoms with Crippen molar-refractivity contribution in [3.63, 3.8) is 0 Å². The van der Waals surface area contributed by atoms with Crippen LogP contribution >= 0.6 is 0 Å². The van der Waals surface area contributed by atoms with E-state index in [4.69, 9.17) is 0 Å². The van der Waals surface area contributed by atoms with Gasteiger partial charge in [0.25, 0.3) is 0 Å². The van der Waals surface area contributed by atoms with Gasteiger partial charge in [0.05, 0.1) is 12.4 Å². The van der Waals surface area contributed by atoms with Crippen LogP contribution in [0.25, 0.3) is 0 Å². The van der Waals surface area contributed by atoms with Crippen LogP contribution in [-0.2, 0) is 0 Å². The Morgan fingerprint density at radius 3 is 3.00 bits per heavy atom. The highest BCUT2D eigenvalue weighted by Gasteiger charge is 2.15. The van der Waals surface area contributed by atoms with E-state index in [1.165, 1.54) is 13.1 Å². The van der Waals surface area contributed by atoms with Gasteiger partial charge >= 0.3 is 0 Å². The second-order valence-corrected chi connectivity index (χ2v) is 2.73. The topological polar surface area (TPSA) is 53.7 Å². The van der Waals surface area contributed by atoms with Gasteiger partial charge in [-0.25, -0.2) is 4.98 Å². The molecule has 5 nitrogen and oxygen atoms in total. The third kappa shape index (κ3) is 2.13. The first-order valence-electron chi connectivity index (χ1n) is 4.05. The standard InChI is InChI=1S/C7H11N5/c1-2-10-11-7(8-1)9-3-4-12-5-6-12/h1-2H,3-6H2,(H,8,9,11). The molecule has 0 aromatic carbocycles. The number of anilines is 1. The van der Waals surface area contributed by atoms with E-state index in [9.17, 15) is 0 Å². The summed E-state index contributed by atoms with van der Waals surface area (Å²) in [6.45, 7) is 4.43. The predicted molar refractivity (Wildman–Crippen MR) is 44.8 cm³/mol. The van der Waals surface area contributed by atoms with Gasteiger partial charge < -0.3 is 5.32 Å². The van der Waals surface area contributed by atoms with Crippen molar-refractivity contribution in [3.05, 3.63) is 12.4 Å². The molecule has 1 aromatic rings. The van der Waals surface area contributed by atoms with Crippen LogP contribution in [0.3, 0.4) is 0 Å². The summed E-state index contributed by atoms with van der Waals surface area (Å²) in [5, 5.41) is 10.6. The lowest BCUT2D eigenvalue weighted by atomic mass is 10.6. The Morgan fingerprint density at radius 1 is 1.42 bits per heavy atom. The highest BCUT2D eigenvalue weighted by molar-refractivity contribution is 5.19. The van der Waals surface area contributed by atoms with Crippen LogP contribution < -0.4 is 5.32 Å². The van der Waals surface area contributed by atoms with Gasteiger partial charge in [-0.1, -0.05) is 0 Å². The van der Waals surface area contributed by atoms with Crippen molar-refractivity contribution in [2.24, 2.45) is 0 Å². The fraction of sp³-hybridized carbons (Fsp3) is 0.571.